The van der Waals surface area contributed by atoms with Gasteiger partial charge in [0.2, 0.25) is 0 Å². The van der Waals surface area contributed by atoms with Gasteiger partial charge in [0.05, 0.1) is 16.4 Å². The van der Waals surface area contributed by atoms with Gasteiger partial charge in [0.15, 0.2) is 0 Å². The van der Waals surface area contributed by atoms with Gasteiger partial charge >= 0.3 is 5.00 Å². The number of hydrogen-bond acceptors (Lipinski definition) is 5. The summed E-state index contributed by atoms with van der Waals surface area (Å²) in [5.74, 6) is -0.408. The molecule has 1 rings (SSSR count). The second-order valence-electron chi connectivity index (χ2n) is 2.95. The summed E-state index contributed by atoms with van der Waals surface area (Å²) in [6.07, 6.45) is 0. The Hall–Kier alpha value is -1.47. The highest BCUT2D eigenvalue weighted by atomic mass is 32.1. The minimum absolute atomic E-state index is 0.0724. The Kier molecular flexibility index (Phi) is 3.75. The van der Waals surface area contributed by atoms with Crippen LogP contribution in [0.3, 0.4) is 0 Å². The number of nitro groups is 1. The first-order valence-corrected chi connectivity index (χ1v) is 5.02. The van der Waals surface area contributed by atoms with E-state index < -0.39 is 10.8 Å². The van der Waals surface area contributed by atoms with Crippen molar-refractivity contribution in [2.75, 3.05) is 6.61 Å². The van der Waals surface area contributed by atoms with Crippen LogP contribution in [0, 0.1) is 10.1 Å². The number of nitrogens with one attached hydrogen (secondary N) is 1. The maximum absolute atomic E-state index is 11.4. The molecule has 1 heterocycles. The Balaban J connectivity index is 2.70. The fraction of sp³-hybridized carbons (Fsp3) is 0.375. The Bertz CT molecular complexity index is 376. The highest BCUT2D eigenvalue weighted by Crippen LogP contribution is 2.23. The molecule has 0 saturated carbocycles. The zero-order valence-corrected chi connectivity index (χ0v) is 8.78. The number of rotatable bonds is 4. The lowest BCUT2D eigenvalue weighted by Crippen LogP contribution is -2.34. The summed E-state index contributed by atoms with van der Waals surface area (Å²) in [7, 11) is 0. The minimum Gasteiger partial charge on any atom is -0.394 e. The van der Waals surface area contributed by atoms with Gasteiger partial charge in [0.1, 0.15) is 0 Å². The van der Waals surface area contributed by atoms with E-state index in [2.05, 4.69) is 5.32 Å². The summed E-state index contributed by atoms with van der Waals surface area (Å²) in [4.78, 5) is 21.5. The average Bonchev–Trinajstić information content (AvgIpc) is 2.66. The fourth-order valence-electron chi connectivity index (χ4n) is 0.888. The molecule has 6 nitrogen and oxygen atoms in total. The quantitative estimate of drug-likeness (QED) is 0.590. The van der Waals surface area contributed by atoms with Crippen molar-refractivity contribution in [2.45, 2.75) is 13.0 Å². The van der Waals surface area contributed by atoms with Crippen molar-refractivity contribution in [1.82, 2.24) is 5.32 Å². The van der Waals surface area contributed by atoms with Crippen molar-refractivity contribution < 1.29 is 14.8 Å². The van der Waals surface area contributed by atoms with Crippen LogP contribution in [0.2, 0.25) is 0 Å². The van der Waals surface area contributed by atoms with Gasteiger partial charge in [-0.15, -0.1) is 0 Å². The number of hydrogen-bond donors (Lipinski definition) is 2. The molecule has 82 valence electrons. The van der Waals surface area contributed by atoms with Crippen LogP contribution in [0.1, 0.15) is 16.6 Å². The van der Waals surface area contributed by atoms with Crippen LogP contribution in [0.4, 0.5) is 5.00 Å². The van der Waals surface area contributed by atoms with E-state index in [1.165, 1.54) is 12.1 Å². The lowest BCUT2D eigenvalue weighted by Gasteiger charge is -2.08. The molecule has 7 heteroatoms. The fourth-order valence-corrected chi connectivity index (χ4v) is 1.61. The highest BCUT2D eigenvalue weighted by Gasteiger charge is 2.16. The summed E-state index contributed by atoms with van der Waals surface area (Å²) < 4.78 is 0. The van der Waals surface area contributed by atoms with Crippen LogP contribution >= 0.6 is 11.3 Å². The lowest BCUT2D eigenvalue weighted by molar-refractivity contribution is -0.380. The van der Waals surface area contributed by atoms with Gasteiger partial charge < -0.3 is 10.4 Å². The maximum Gasteiger partial charge on any atom is 0.324 e. The third-order valence-corrected chi connectivity index (χ3v) is 2.68. The Labute approximate surface area is 89.7 Å². The van der Waals surface area contributed by atoms with Gasteiger partial charge in [-0.05, 0) is 13.0 Å². The molecular weight excluding hydrogens is 220 g/mol. The van der Waals surface area contributed by atoms with E-state index in [1.807, 2.05) is 0 Å². The summed E-state index contributed by atoms with van der Waals surface area (Å²) in [5, 5.41) is 21.5. The SMILES string of the molecule is C[C@@H](CO)NC(=O)c1ccc([N+](=O)[O-])s1. The predicted octanol–water partition coefficient (Wildman–Crippen LogP) is 0.767. The van der Waals surface area contributed by atoms with Gasteiger partial charge in [-0.1, -0.05) is 11.3 Å². The first-order chi connectivity index (χ1) is 7.04. The third kappa shape index (κ3) is 3.00. The van der Waals surface area contributed by atoms with Crippen LogP contribution in [0.5, 0.6) is 0 Å². The molecule has 0 aliphatic carbocycles. The summed E-state index contributed by atoms with van der Waals surface area (Å²) in [5.41, 5.74) is 0. The number of carbonyl (C=O) groups is 1. The molecule has 0 bridgehead atoms. The molecule has 0 fully saturated rings. The van der Waals surface area contributed by atoms with Crippen LogP contribution in [0.15, 0.2) is 12.1 Å². The molecule has 1 atom stereocenters. The molecule has 15 heavy (non-hydrogen) atoms. The van der Waals surface area contributed by atoms with Gasteiger partial charge in [-0.2, -0.15) is 0 Å². The number of nitrogens with zero attached hydrogens (tertiary/aromatic N) is 1. The molecule has 1 aromatic rings. The molecule has 0 aromatic carbocycles. The van der Waals surface area contributed by atoms with Gasteiger partial charge in [0.25, 0.3) is 5.91 Å². The van der Waals surface area contributed by atoms with Crippen molar-refractivity contribution in [2.24, 2.45) is 0 Å². The number of carbonyl (C=O) groups excluding carboxylic acids is 1. The van der Waals surface area contributed by atoms with Crippen LogP contribution in [-0.2, 0) is 0 Å². The highest BCUT2D eigenvalue weighted by molar-refractivity contribution is 7.17. The molecule has 1 amide bonds. The van der Waals surface area contributed by atoms with E-state index in [9.17, 15) is 14.9 Å². The zero-order valence-electron chi connectivity index (χ0n) is 7.97. The molecule has 0 aliphatic rings. The van der Waals surface area contributed by atoms with Gasteiger partial charge in [-0.3, -0.25) is 14.9 Å². The molecule has 1 aromatic heterocycles. The van der Waals surface area contributed by atoms with Gasteiger partial charge in [0, 0.05) is 12.1 Å². The number of aliphatic hydroxyl groups excluding tert-OH is 1. The second kappa shape index (κ2) is 4.85. The largest absolute Gasteiger partial charge is 0.394 e. The smallest absolute Gasteiger partial charge is 0.324 e. The number of aliphatic hydroxyl groups is 1. The van der Waals surface area contributed by atoms with E-state index >= 15 is 0 Å². The third-order valence-electron chi connectivity index (χ3n) is 1.65. The van der Waals surface area contributed by atoms with E-state index in [0.29, 0.717) is 0 Å². The molecule has 0 spiro atoms. The van der Waals surface area contributed by atoms with E-state index in [-0.39, 0.29) is 22.5 Å². The monoisotopic (exact) mass is 230 g/mol. The minimum atomic E-state index is -0.545. The predicted molar refractivity (Wildman–Crippen MR) is 55.0 cm³/mol. The van der Waals surface area contributed by atoms with Crippen LogP contribution in [-0.4, -0.2) is 28.6 Å². The Morgan fingerprint density at radius 2 is 2.40 bits per heavy atom. The van der Waals surface area contributed by atoms with Crippen molar-refractivity contribution in [1.29, 1.82) is 0 Å². The average molecular weight is 230 g/mol. The van der Waals surface area contributed by atoms with Crippen LogP contribution in [0.25, 0.3) is 0 Å². The first kappa shape index (κ1) is 11.6. The lowest BCUT2D eigenvalue weighted by atomic mass is 10.3. The molecule has 0 aliphatic heterocycles. The Morgan fingerprint density at radius 3 is 2.87 bits per heavy atom. The molecule has 0 saturated heterocycles. The topological polar surface area (TPSA) is 92.5 Å². The standard InChI is InChI=1S/C8H10N2O4S/c1-5(4-11)9-8(12)6-2-3-7(15-6)10(13)14/h2-3,5,11H,4H2,1H3,(H,9,12)/t5-/m0/s1. The molecular formula is C8H10N2O4S. The van der Waals surface area contributed by atoms with Crippen molar-refractivity contribution in [3.63, 3.8) is 0 Å². The summed E-state index contributed by atoms with van der Waals surface area (Å²) in [6, 6.07) is 2.31. The van der Waals surface area contributed by atoms with Crippen LogP contribution < -0.4 is 5.32 Å². The second-order valence-corrected chi connectivity index (χ2v) is 4.01. The van der Waals surface area contributed by atoms with Crippen molar-refractivity contribution >= 4 is 22.2 Å². The first-order valence-electron chi connectivity index (χ1n) is 4.20. The number of thiophene rings is 1. The van der Waals surface area contributed by atoms with Crippen molar-refractivity contribution in [3.8, 4) is 0 Å². The summed E-state index contributed by atoms with van der Waals surface area (Å²) in [6.45, 7) is 1.47. The van der Waals surface area contributed by atoms with E-state index in [4.69, 9.17) is 5.11 Å². The molecule has 0 unspecified atom stereocenters. The van der Waals surface area contributed by atoms with Crippen molar-refractivity contribution in [3.05, 3.63) is 27.1 Å². The normalized spacial score (nSPS) is 12.1. The summed E-state index contributed by atoms with van der Waals surface area (Å²) >= 11 is 0.809. The van der Waals surface area contributed by atoms with E-state index in [1.54, 1.807) is 6.92 Å². The van der Waals surface area contributed by atoms with E-state index in [0.717, 1.165) is 11.3 Å². The maximum atomic E-state index is 11.4. The molecule has 2 N–H and O–H groups in total. The van der Waals surface area contributed by atoms with Gasteiger partial charge in [-0.25, -0.2) is 0 Å². The molecule has 0 radical (unpaired) electrons. The Morgan fingerprint density at radius 1 is 1.73 bits per heavy atom. The zero-order chi connectivity index (χ0) is 11.4. The number of amides is 1.